The van der Waals surface area contributed by atoms with Gasteiger partial charge in [-0.2, -0.15) is 5.10 Å². The molecule has 7 nitrogen and oxygen atoms in total. The van der Waals surface area contributed by atoms with Gasteiger partial charge in [0.05, 0.1) is 27.7 Å². The number of nitrogens with two attached hydrogens (primary N) is 1. The molecule has 1 fully saturated rings. The topological polar surface area (TPSA) is 103 Å². The van der Waals surface area contributed by atoms with Gasteiger partial charge in [0.2, 0.25) is 5.91 Å². The lowest BCUT2D eigenvalue weighted by atomic mass is 9.81. The van der Waals surface area contributed by atoms with Crippen molar-refractivity contribution in [3.05, 3.63) is 35.3 Å². The van der Waals surface area contributed by atoms with Crippen molar-refractivity contribution in [3.63, 3.8) is 0 Å². The largest absolute Gasteiger partial charge is 0.368 e. The molecule has 4 rings (SSSR count). The molecule has 0 spiro atoms. The van der Waals surface area contributed by atoms with Crippen LogP contribution in [-0.2, 0) is 4.79 Å². The van der Waals surface area contributed by atoms with Crippen LogP contribution in [0.3, 0.4) is 0 Å². The number of rotatable bonds is 5. The van der Waals surface area contributed by atoms with Gasteiger partial charge in [-0.15, -0.1) is 11.3 Å². The highest BCUT2D eigenvalue weighted by Gasteiger charge is 2.39. The first-order valence-electron chi connectivity index (χ1n) is 9.96. The summed E-state index contributed by atoms with van der Waals surface area (Å²) in [6, 6.07) is 5.82. The second-order valence-corrected chi connectivity index (χ2v) is 8.86. The van der Waals surface area contributed by atoms with Crippen molar-refractivity contribution in [3.8, 4) is 10.6 Å². The van der Waals surface area contributed by atoms with Gasteiger partial charge in [-0.3, -0.25) is 9.59 Å². The Morgan fingerprint density at radius 1 is 1.28 bits per heavy atom. The van der Waals surface area contributed by atoms with Gasteiger partial charge in [0.1, 0.15) is 5.54 Å². The minimum Gasteiger partial charge on any atom is -0.368 e. The molecule has 0 aromatic carbocycles. The van der Waals surface area contributed by atoms with E-state index < -0.39 is 11.4 Å². The molecule has 8 heteroatoms. The summed E-state index contributed by atoms with van der Waals surface area (Å²) in [5.41, 5.74) is 6.58. The van der Waals surface area contributed by atoms with E-state index in [9.17, 15) is 9.59 Å². The Labute approximate surface area is 173 Å². The van der Waals surface area contributed by atoms with Crippen LogP contribution >= 0.6 is 11.3 Å². The third-order valence-corrected chi connectivity index (χ3v) is 6.50. The lowest BCUT2D eigenvalue weighted by molar-refractivity contribution is -0.125. The van der Waals surface area contributed by atoms with E-state index in [1.54, 1.807) is 23.6 Å². The van der Waals surface area contributed by atoms with E-state index in [1.807, 2.05) is 36.0 Å². The summed E-state index contributed by atoms with van der Waals surface area (Å²) in [5.74, 6) is -0.772. The zero-order valence-electron chi connectivity index (χ0n) is 16.6. The molecule has 0 saturated heterocycles. The first-order valence-corrected chi connectivity index (χ1v) is 10.8. The summed E-state index contributed by atoms with van der Waals surface area (Å²) in [4.78, 5) is 31.3. The maximum absolute atomic E-state index is 13.4. The molecule has 2 amide bonds. The SMILES string of the molecule is CC(C)n1ncc2c(C(=O)NC3(C(N)=O)CCCCC3)cc(-c3cccs3)nc21. The van der Waals surface area contributed by atoms with Crippen molar-refractivity contribution in [2.75, 3.05) is 0 Å². The molecule has 1 saturated carbocycles. The number of fused-ring (bicyclic) bond motifs is 1. The lowest BCUT2D eigenvalue weighted by Crippen LogP contribution is -2.58. The number of amides is 2. The number of hydrogen-bond donors (Lipinski definition) is 2. The van der Waals surface area contributed by atoms with Crippen LogP contribution in [-0.4, -0.2) is 32.1 Å². The minimum absolute atomic E-state index is 0.102. The van der Waals surface area contributed by atoms with Crippen molar-refractivity contribution in [2.45, 2.75) is 57.5 Å². The zero-order chi connectivity index (χ0) is 20.6. The fraction of sp³-hybridized carbons (Fsp3) is 0.429. The monoisotopic (exact) mass is 411 g/mol. The molecule has 3 N–H and O–H groups in total. The van der Waals surface area contributed by atoms with Gasteiger partial charge >= 0.3 is 0 Å². The molecule has 1 aliphatic rings. The van der Waals surface area contributed by atoms with Crippen LogP contribution in [0.1, 0.15) is 62.4 Å². The highest BCUT2D eigenvalue weighted by Crippen LogP contribution is 2.31. The standard InChI is InChI=1S/C21H25N5O2S/c1-13(2)26-18-15(12-23-26)14(11-16(24-18)17-7-6-10-29-17)19(27)25-21(20(22)28)8-4-3-5-9-21/h6-7,10-13H,3-5,8-9H2,1-2H3,(H2,22,28)(H,25,27). The lowest BCUT2D eigenvalue weighted by Gasteiger charge is -2.35. The summed E-state index contributed by atoms with van der Waals surface area (Å²) in [6.45, 7) is 4.05. The van der Waals surface area contributed by atoms with Crippen LogP contribution in [0.2, 0.25) is 0 Å². The molecule has 3 heterocycles. The van der Waals surface area contributed by atoms with Gasteiger partial charge in [-0.05, 0) is 44.2 Å². The van der Waals surface area contributed by atoms with Crippen molar-refractivity contribution >= 4 is 34.2 Å². The Morgan fingerprint density at radius 3 is 2.66 bits per heavy atom. The maximum atomic E-state index is 13.4. The van der Waals surface area contributed by atoms with E-state index in [4.69, 9.17) is 10.7 Å². The van der Waals surface area contributed by atoms with Crippen LogP contribution < -0.4 is 11.1 Å². The van der Waals surface area contributed by atoms with Crippen LogP contribution in [0.15, 0.2) is 29.8 Å². The number of carbonyl (C=O) groups is 2. The van der Waals surface area contributed by atoms with Crippen LogP contribution in [0.25, 0.3) is 21.6 Å². The number of pyridine rings is 1. The maximum Gasteiger partial charge on any atom is 0.253 e. The number of nitrogens with zero attached hydrogens (tertiary/aromatic N) is 3. The number of thiophene rings is 1. The number of carbonyl (C=O) groups excluding carboxylic acids is 2. The number of aromatic nitrogens is 3. The van der Waals surface area contributed by atoms with E-state index in [0.717, 1.165) is 29.8 Å². The van der Waals surface area contributed by atoms with Gasteiger partial charge < -0.3 is 11.1 Å². The minimum atomic E-state index is -0.984. The Bertz CT molecular complexity index is 1050. The number of hydrogen-bond acceptors (Lipinski definition) is 5. The highest BCUT2D eigenvalue weighted by atomic mass is 32.1. The Hall–Kier alpha value is -2.74. The summed E-state index contributed by atoms with van der Waals surface area (Å²) in [7, 11) is 0. The quantitative estimate of drug-likeness (QED) is 0.669. The average molecular weight is 412 g/mol. The van der Waals surface area contributed by atoms with E-state index in [0.29, 0.717) is 29.4 Å². The second-order valence-electron chi connectivity index (χ2n) is 7.91. The molecule has 0 aliphatic heterocycles. The molecule has 3 aromatic heterocycles. The smallest absolute Gasteiger partial charge is 0.253 e. The predicted molar refractivity (Wildman–Crippen MR) is 114 cm³/mol. The van der Waals surface area contributed by atoms with Gasteiger partial charge in [-0.1, -0.05) is 25.3 Å². The van der Waals surface area contributed by atoms with Gasteiger partial charge in [0.15, 0.2) is 5.65 Å². The van der Waals surface area contributed by atoms with Crippen LogP contribution in [0.5, 0.6) is 0 Å². The molecule has 3 aromatic rings. The zero-order valence-corrected chi connectivity index (χ0v) is 17.5. The van der Waals surface area contributed by atoms with Crippen molar-refractivity contribution in [2.24, 2.45) is 5.73 Å². The number of nitrogens with one attached hydrogen (secondary N) is 1. The van der Waals surface area contributed by atoms with Gasteiger partial charge in [-0.25, -0.2) is 9.67 Å². The first kappa shape index (κ1) is 19.6. The fourth-order valence-corrected chi connectivity index (χ4v) is 4.69. The molecule has 152 valence electrons. The van der Waals surface area contributed by atoms with Gasteiger partial charge in [0.25, 0.3) is 5.91 Å². The highest BCUT2D eigenvalue weighted by molar-refractivity contribution is 7.13. The number of primary amides is 1. The third-order valence-electron chi connectivity index (χ3n) is 5.61. The van der Waals surface area contributed by atoms with E-state index >= 15 is 0 Å². The van der Waals surface area contributed by atoms with E-state index in [2.05, 4.69) is 10.4 Å². The molecular weight excluding hydrogens is 386 g/mol. The van der Waals surface area contributed by atoms with Crippen LogP contribution in [0, 0.1) is 0 Å². The van der Waals surface area contributed by atoms with Crippen molar-refractivity contribution < 1.29 is 9.59 Å². The van der Waals surface area contributed by atoms with Gasteiger partial charge in [0, 0.05) is 6.04 Å². The predicted octanol–water partition coefficient (Wildman–Crippen LogP) is 3.66. The molecule has 0 bridgehead atoms. The molecule has 0 radical (unpaired) electrons. The Kier molecular flexibility index (Phi) is 5.12. The van der Waals surface area contributed by atoms with E-state index in [1.165, 1.54) is 0 Å². The Balaban J connectivity index is 1.81. The normalized spacial score (nSPS) is 16.2. The summed E-state index contributed by atoms with van der Waals surface area (Å²) >= 11 is 1.56. The first-order chi connectivity index (χ1) is 13.9. The summed E-state index contributed by atoms with van der Waals surface area (Å²) in [5, 5.41) is 10.1. The Morgan fingerprint density at radius 2 is 2.03 bits per heavy atom. The average Bonchev–Trinajstić information content (AvgIpc) is 3.37. The van der Waals surface area contributed by atoms with Crippen molar-refractivity contribution in [1.82, 2.24) is 20.1 Å². The molecule has 0 unspecified atom stereocenters. The molecule has 1 aliphatic carbocycles. The molecule has 29 heavy (non-hydrogen) atoms. The third kappa shape index (κ3) is 3.53. The molecule has 0 atom stereocenters. The summed E-state index contributed by atoms with van der Waals surface area (Å²) in [6.07, 6.45) is 5.62. The fourth-order valence-electron chi connectivity index (χ4n) is 4.01. The second kappa shape index (κ2) is 7.59. The summed E-state index contributed by atoms with van der Waals surface area (Å²) < 4.78 is 1.81. The molecular formula is C21H25N5O2S. The van der Waals surface area contributed by atoms with Crippen LogP contribution in [0.4, 0.5) is 0 Å². The van der Waals surface area contributed by atoms with Crippen molar-refractivity contribution in [1.29, 1.82) is 0 Å². The van der Waals surface area contributed by atoms with E-state index in [-0.39, 0.29) is 11.9 Å².